The second-order valence-electron chi connectivity index (χ2n) is 4.62. The Bertz CT molecular complexity index is 729. The van der Waals surface area contributed by atoms with E-state index in [1.54, 1.807) is 0 Å². The second-order valence-corrected chi connectivity index (χ2v) is 6.21. The second kappa shape index (κ2) is 11.9. The van der Waals surface area contributed by atoms with Gasteiger partial charge in [0, 0.05) is 39.9 Å². The van der Waals surface area contributed by atoms with Gasteiger partial charge in [-0.15, -0.1) is 0 Å². The molecule has 0 unspecified atom stereocenters. The van der Waals surface area contributed by atoms with Crippen LogP contribution in [-0.2, 0) is 32.8 Å². The van der Waals surface area contributed by atoms with Gasteiger partial charge in [-0.05, 0) is 31.9 Å². The molecule has 0 saturated carbocycles. The predicted molar refractivity (Wildman–Crippen MR) is 97.1 cm³/mol. The standard InChI is InChI=1S/C8H8Br2N2O3.C6H11NO3/c1-11-7(14)5(9)6(10)8(15)12(11)3-2-4-13;1-7(10-2)6(9)4-3-5-8/h4H,2-3H2,1H3;5H,3-4H2,1-2H3. The zero-order valence-electron chi connectivity index (χ0n) is 14.0. The van der Waals surface area contributed by atoms with Crippen LogP contribution in [0.15, 0.2) is 18.5 Å². The summed E-state index contributed by atoms with van der Waals surface area (Å²) in [4.78, 5) is 58.6. The fourth-order valence-corrected chi connectivity index (χ4v) is 2.36. The molecule has 1 aromatic rings. The minimum atomic E-state index is -0.342. The quantitative estimate of drug-likeness (QED) is 0.415. The van der Waals surface area contributed by atoms with Gasteiger partial charge >= 0.3 is 0 Å². The molecule has 1 aromatic heterocycles. The molecular weight excluding hydrogens is 466 g/mol. The number of hydrogen-bond donors (Lipinski definition) is 0. The van der Waals surface area contributed by atoms with Gasteiger partial charge in [0.1, 0.15) is 21.5 Å². The maximum absolute atomic E-state index is 11.7. The molecule has 0 aliphatic carbocycles. The molecule has 1 rings (SSSR count). The number of hydrogen-bond acceptors (Lipinski definition) is 6. The molecule has 0 atom stereocenters. The van der Waals surface area contributed by atoms with Crippen LogP contribution >= 0.6 is 31.9 Å². The lowest BCUT2D eigenvalue weighted by Gasteiger charge is -2.11. The average molecular weight is 485 g/mol. The Morgan fingerprint density at radius 1 is 1.12 bits per heavy atom. The lowest BCUT2D eigenvalue weighted by Crippen LogP contribution is -2.38. The fraction of sp³-hybridized carbons (Fsp3) is 0.500. The Morgan fingerprint density at radius 2 is 1.64 bits per heavy atom. The highest BCUT2D eigenvalue weighted by Crippen LogP contribution is 2.13. The summed E-state index contributed by atoms with van der Waals surface area (Å²) in [5, 5.41) is 1.10. The summed E-state index contributed by atoms with van der Waals surface area (Å²) in [6, 6.07) is 0. The first-order valence-electron chi connectivity index (χ1n) is 7.05. The van der Waals surface area contributed by atoms with Crippen molar-refractivity contribution in [3.8, 4) is 0 Å². The van der Waals surface area contributed by atoms with Crippen molar-refractivity contribution in [2.45, 2.75) is 25.8 Å². The SMILES string of the molecule is CON(C)C(=O)CCC=O.Cn1c(=O)c(Br)c(Br)c(=O)n1CCC=O. The molecular formula is C14H19Br2N3O6. The normalized spacial score (nSPS) is 9.80. The van der Waals surface area contributed by atoms with Crippen molar-refractivity contribution < 1.29 is 19.2 Å². The maximum atomic E-state index is 11.7. The van der Waals surface area contributed by atoms with Crippen LogP contribution in [0.2, 0.25) is 0 Å². The van der Waals surface area contributed by atoms with E-state index in [0.29, 0.717) is 12.6 Å². The number of aromatic nitrogens is 2. The van der Waals surface area contributed by atoms with Crippen LogP contribution in [0.4, 0.5) is 0 Å². The van der Waals surface area contributed by atoms with Crippen molar-refractivity contribution in [3.63, 3.8) is 0 Å². The Hall–Kier alpha value is -1.59. The Balaban J connectivity index is 0.000000504. The summed E-state index contributed by atoms with van der Waals surface area (Å²) in [7, 11) is 4.39. The van der Waals surface area contributed by atoms with Crippen LogP contribution in [0, 0.1) is 0 Å². The smallest absolute Gasteiger partial charge is 0.280 e. The van der Waals surface area contributed by atoms with Gasteiger partial charge in [-0.1, -0.05) is 0 Å². The summed E-state index contributed by atoms with van der Waals surface area (Å²) in [6.45, 7) is 0.194. The van der Waals surface area contributed by atoms with E-state index in [1.165, 1.54) is 30.6 Å². The third-order valence-electron chi connectivity index (χ3n) is 3.02. The molecule has 0 aromatic carbocycles. The molecule has 0 saturated heterocycles. The highest BCUT2D eigenvalue weighted by Gasteiger charge is 2.12. The van der Waals surface area contributed by atoms with Crippen molar-refractivity contribution in [1.82, 2.24) is 14.4 Å². The molecule has 0 bridgehead atoms. The summed E-state index contributed by atoms with van der Waals surface area (Å²) in [6.07, 6.45) is 2.08. The summed E-state index contributed by atoms with van der Waals surface area (Å²) in [5.41, 5.74) is -0.668. The van der Waals surface area contributed by atoms with Gasteiger partial charge in [-0.25, -0.2) is 14.4 Å². The maximum Gasteiger partial charge on any atom is 0.280 e. The lowest BCUT2D eigenvalue weighted by atomic mass is 10.3. The number of nitrogens with zero attached hydrogens (tertiary/aromatic N) is 3. The summed E-state index contributed by atoms with van der Waals surface area (Å²) in [5.74, 6) is -0.186. The minimum absolute atomic E-state index is 0.177. The first-order valence-corrected chi connectivity index (χ1v) is 8.64. The highest BCUT2D eigenvalue weighted by molar-refractivity contribution is 9.13. The van der Waals surface area contributed by atoms with Gasteiger partial charge in [0.15, 0.2) is 0 Å². The first-order chi connectivity index (χ1) is 11.7. The predicted octanol–water partition coefficient (Wildman–Crippen LogP) is 0.646. The molecule has 1 heterocycles. The van der Waals surface area contributed by atoms with Crippen LogP contribution in [0.25, 0.3) is 0 Å². The van der Waals surface area contributed by atoms with Crippen molar-refractivity contribution in [1.29, 1.82) is 0 Å². The molecule has 140 valence electrons. The average Bonchev–Trinajstić information content (AvgIpc) is 2.62. The number of halogens is 2. The van der Waals surface area contributed by atoms with Gasteiger partial charge in [-0.3, -0.25) is 19.2 Å². The van der Waals surface area contributed by atoms with Crippen LogP contribution in [0.5, 0.6) is 0 Å². The third kappa shape index (κ3) is 7.04. The van der Waals surface area contributed by atoms with Crippen molar-refractivity contribution in [2.75, 3.05) is 14.2 Å². The minimum Gasteiger partial charge on any atom is -0.303 e. The molecule has 25 heavy (non-hydrogen) atoms. The molecule has 0 aliphatic rings. The number of aldehydes is 2. The molecule has 11 heteroatoms. The molecule has 0 fully saturated rings. The van der Waals surface area contributed by atoms with E-state index in [2.05, 4.69) is 36.7 Å². The molecule has 0 aliphatic heterocycles. The van der Waals surface area contributed by atoms with E-state index in [4.69, 9.17) is 0 Å². The molecule has 0 N–H and O–H groups in total. The topological polar surface area (TPSA) is 108 Å². The monoisotopic (exact) mass is 483 g/mol. The molecule has 1 amide bonds. The van der Waals surface area contributed by atoms with Crippen LogP contribution in [0.3, 0.4) is 0 Å². The number of amides is 1. The van der Waals surface area contributed by atoms with Gasteiger partial charge < -0.3 is 9.59 Å². The number of hydroxylamine groups is 2. The fourth-order valence-electron chi connectivity index (χ4n) is 1.56. The summed E-state index contributed by atoms with van der Waals surface area (Å²) >= 11 is 6.05. The molecule has 0 spiro atoms. The van der Waals surface area contributed by atoms with E-state index >= 15 is 0 Å². The van der Waals surface area contributed by atoms with Gasteiger partial charge in [0.2, 0.25) is 5.91 Å². The van der Waals surface area contributed by atoms with Crippen LogP contribution in [-0.4, -0.2) is 47.1 Å². The molecule has 9 nitrogen and oxygen atoms in total. The zero-order valence-corrected chi connectivity index (χ0v) is 17.2. The Labute approximate surface area is 160 Å². The third-order valence-corrected chi connectivity index (χ3v) is 5.02. The summed E-state index contributed by atoms with van der Waals surface area (Å²) < 4.78 is 2.76. The van der Waals surface area contributed by atoms with E-state index in [9.17, 15) is 24.0 Å². The number of carbonyl (C=O) groups is 3. The van der Waals surface area contributed by atoms with Crippen LogP contribution in [0.1, 0.15) is 19.3 Å². The Kier molecular flexibility index (Phi) is 11.1. The lowest BCUT2D eigenvalue weighted by molar-refractivity contribution is -0.168. The zero-order chi connectivity index (χ0) is 19.6. The van der Waals surface area contributed by atoms with E-state index < -0.39 is 0 Å². The highest BCUT2D eigenvalue weighted by atomic mass is 79.9. The van der Waals surface area contributed by atoms with Gasteiger partial charge in [0.05, 0.1) is 7.11 Å². The number of rotatable bonds is 7. The van der Waals surface area contributed by atoms with E-state index in [-0.39, 0.29) is 51.8 Å². The van der Waals surface area contributed by atoms with Crippen LogP contribution < -0.4 is 11.1 Å². The van der Waals surface area contributed by atoms with Crippen molar-refractivity contribution >= 4 is 50.3 Å². The number of carbonyl (C=O) groups excluding carboxylic acids is 3. The Morgan fingerprint density at radius 3 is 2.12 bits per heavy atom. The molecule has 0 radical (unpaired) electrons. The van der Waals surface area contributed by atoms with Gasteiger partial charge in [-0.2, -0.15) is 0 Å². The largest absolute Gasteiger partial charge is 0.303 e. The van der Waals surface area contributed by atoms with E-state index in [1.807, 2.05) is 0 Å². The van der Waals surface area contributed by atoms with E-state index in [0.717, 1.165) is 5.06 Å². The van der Waals surface area contributed by atoms with Gasteiger partial charge in [0.25, 0.3) is 11.1 Å². The van der Waals surface area contributed by atoms with Crippen molar-refractivity contribution in [2.24, 2.45) is 7.05 Å². The van der Waals surface area contributed by atoms with Crippen molar-refractivity contribution in [3.05, 3.63) is 29.7 Å². The first kappa shape index (κ1) is 23.4.